The van der Waals surface area contributed by atoms with Gasteiger partial charge in [-0.3, -0.25) is 4.79 Å². The first-order valence-electron chi connectivity index (χ1n) is 7.22. The number of nitrogens with one attached hydrogen (secondary N) is 1. The van der Waals surface area contributed by atoms with Crippen molar-refractivity contribution in [2.24, 2.45) is 0 Å². The van der Waals surface area contributed by atoms with Crippen LogP contribution in [0.5, 0.6) is 0 Å². The SMILES string of the molecule is Cc1ccc(-c2cc(-c3ccccc3C(F)(F)F)c(C#N)c(=O)[nH]2)s1. The van der Waals surface area contributed by atoms with Gasteiger partial charge in [0.05, 0.1) is 16.1 Å². The summed E-state index contributed by atoms with van der Waals surface area (Å²) in [4.78, 5) is 16.5. The molecule has 3 aromatic rings. The smallest absolute Gasteiger partial charge is 0.320 e. The molecule has 0 atom stereocenters. The molecule has 0 fully saturated rings. The molecule has 2 aromatic heterocycles. The Labute approximate surface area is 145 Å². The van der Waals surface area contributed by atoms with Crippen LogP contribution in [0.4, 0.5) is 13.2 Å². The Kier molecular flexibility index (Phi) is 4.23. The van der Waals surface area contributed by atoms with Crippen LogP contribution in [0.2, 0.25) is 0 Å². The molecule has 25 heavy (non-hydrogen) atoms. The number of hydrogen-bond donors (Lipinski definition) is 1. The van der Waals surface area contributed by atoms with E-state index in [0.29, 0.717) is 10.6 Å². The lowest BCUT2D eigenvalue weighted by Crippen LogP contribution is -2.14. The summed E-state index contributed by atoms with van der Waals surface area (Å²) in [5.41, 5.74) is -1.77. The van der Waals surface area contributed by atoms with E-state index in [9.17, 15) is 23.2 Å². The van der Waals surface area contributed by atoms with Crippen molar-refractivity contribution in [2.75, 3.05) is 0 Å². The molecule has 0 unspecified atom stereocenters. The van der Waals surface area contributed by atoms with Gasteiger partial charge in [-0.05, 0) is 36.8 Å². The van der Waals surface area contributed by atoms with Gasteiger partial charge in [0.1, 0.15) is 11.6 Å². The van der Waals surface area contributed by atoms with Gasteiger partial charge in [0, 0.05) is 10.4 Å². The highest BCUT2D eigenvalue weighted by atomic mass is 32.1. The fourth-order valence-electron chi connectivity index (χ4n) is 2.56. The summed E-state index contributed by atoms with van der Waals surface area (Å²) < 4.78 is 40.0. The number of pyridine rings is 1. The number of aryl methyl sites for hydroxylation is 1. The summed E-state index contributed by atoms with van der Waals surface area (Å²) in [6, 6.07) is 11.7. The topological polar surface area (TPSA) is 56.6 Å². The van der Waals surface area contributed by atoms with Gasteiger partial charge < -0.3 is 4.98 Å². The van der Waals surface area contributed by atoms with Crippen molar-refractivity contribution in [2.45, 2.75) is 13.1 Å². The number of aromatic amines is 1. The maximum atomic E-state index is 13.3. The van der Waals surface area contributed by atoms with Crippen molar-refractivity contribution in [1.29, 1.82) is 5.26 Å². The van der Waals surface area contributed by atoms with E-state index in [0.717, 1.165) is 10.9 Å². The van der Waals surface area contributed by atoms with Gasteiger partial charge in [0.2, 0.25) is 0 Å². The lowest BCUT2D eigenvalue weighted by molar-refractivity contribution is -0.137. The zero-order chi connectivity index (χ0) is 18.2. The molecule has 0 saturated carbocycles. The highest BCUT2D eigenvalue weighted by Crippen LogP contribution is 2.38. The van der Waals surface area contributed by atoms with Crippen LogP contribution in [0, 0.1) is 18.3 Å². The first-order chi connectivity index (χ1) is 11.8. The maximum Gasteiger partial charge on any atom is 0.417 e. The maximum absolute atomic E-state index is 13.3. The van der Waals surface area contributed by atoms with E-state index in [1.807, 2.05) is 13.0 Å². The average Bonchev–Trinajstić information content (AvgIpc) is 3.00. The number of thiophene rings is 1. The van der Waals surface area contributed by atoms with Gasteiger partial charge in [-0.1, -0.05) is 18.2 Å². The van der Waals surface area contributed by atoms with Gasteiger partial charge in [-0.2, -0.15) is 18.4 Å². The zero-order valence-corrected chi connectivity index (χ0v) is 13.8. The highest BCUT2D eigenvalue weighted by Gasteiger charge is 2.34. The first kappa shape index (κ1) is 17.0. The Bertz CT molecular complexity index is 1040. The molecule has 0 aliphatic rings. The molecule has 0 spiro atoms. The molecule has 0 saturated heterocycles. The van der Waals surface area contributed by atoms with Gasteiger partial charge in [0.15, 0.2) is 0 Å². The molecule has 1 aromatic carbocycles. The number of H-pyrrole nitrogens is 1. The Morgan fingerprint density at radius 2 is 1.84 bits per heavy atom. The van der Waals surface area contributed by atoms with E-state index in [-0.39, 0.29) is 16.7 Å². The third-order valence-electron chi connectivity index (χ3n) is 3.67. The van der Waals surface area contributed by atoms with Crippen molar-refractivity contribution >= 4 is 11.3 Å². The summed E-state index contributed by atoms with van der Waals surface area (Å²) in [5, 5.41) is 9.27. The minimum atomic E-state index is -4.59. The fraction of sp³-hybridized carbons (Fsp3) is 0.111. The van der Waals surface area contributed by atoms with Crippen LogP contribution in [0.1, 0.15) is 16.0 Å². The number of aromatic nitrogens is 1. The standard InChI is InChI=1S/C18H11F3N2OS/c1-10-6-7-16(25-10)15-8-12(13(9-22)17(24)23-15)11-4-2-3-5-14(11)18(19,20)21/h2-8H,1H3,(H,23,24). The lowest BCUT2D eigenvalue weighted by atomic mass is 9.95. The molecule has 126 valence electrons. The predicted molar refractivity (Wildman–Crippen MR) is 90.3 cm³/mol. The number of rotatable bonds is 2. The molecule has 0 radical (unpaired) electrons. The predicted octanol–water partition coefficient (Wildman–Crippen LogP) is 4.97. The monoisotopic (exact) mass is 360 g/mol. The van der Waals surface area contributed by atoms with Crippen molar-refractivity contribution in [3.8, 4) is 27.8 Å². The van der Waals surface area contributed by atoms with Gasteiger partial charge in [-0.15, -0.1) is 11.3 Å². The summed E-state index contributed by atoms with van der Waals surface area (Å²) in [5.74, 6) is 0. The van der Waals surface area contributed by atoms with Gasteiger partial charge in [0.25, 0.3) is 5.56 Å². The Balaban J connectivity index is 2.32. The van der Waals surface area contributed by atoms with Crippen LogP contribution in [0.15, 0.2) is 47.3 Å². The Morgan fingerprint density at radius 1 is 1.12 bits per heavy atom. The van der Waals surface area contributed by atoms with E-state index >= 15 is 0 Å². The van der Waals surface area contributed by atoms with Crippen molar-refractivity contribution < 1.29 is 13.2 Å². The van der Waals surface area contributed by atoms with E-state index in [1.54, 1.807) is 12.1 Å². The Morgan fingerprint density at radius 3 is 2.44 bits per heavy atom. The molecule has 0 bridgehead atoms. The summed E-state index contributed by atoms with van der Waals surface area (Å²) in [6.45, 7) is 1.88. The molecule has 3 rings (SSSR count). The largest absolute Gasteiger partial charge is 0.417 e. The number of nitriles is 1. The molecule has 1 N–H and O–H groups in total. The molecule has 3 nitrogen and oxygen atoms in total. The number of nitrogens with zero attached hydrogens (tertiary/aromatic N) is 1. The fourth-order valence-corrected chi connectivity index (χ4v) is 3.40. The minimum absolute atomic E-state index is 0.0276. The van der Waals surface area contributed by atoms with Crippen LogP contribution in [0.3, 0.4) is 0 Å². The van der Waals surface area contributed by atoms with Gasteiger partial charge >= 0.3 is 6.18 Å². The van der Waals surface area contributed by atoms with Crippen LogP contribution < -0.4 is 5.56 Å². The summed E-state index contributed by atoms with van der Waals surface area (Å²) in [7, 11) is 0. The molecular formula is C18H11F3N2OS. The summed E-state index contributed by atoms with van der Waals surface area (Å²) in [6.07, 6.45) is -4.59. The third kappa shape index (κ3) is 3.21. The van der Waals surface area contributed by atoms with Crippen LogP contribution >= 0.6 is 11.3 Å². The summed E-state index contributed by atoms with van der Waals surface area (Å²) >= 11 is 1.40. The number of alkyl halides is 3. The molecule has 7 heteroatoms. The second-order valence-corrected chi connectivity index (χ2v) is 6.65. The zero-order valence-electron chi connectivity index (χ0n) is 12.9. The van der Waals surface area contributed by atoms with E-state index in [4.69, 9.17) is 0 Å². The van der Waals surface area contributed by atoms with E-state index < -0.39 is 17.3 Å². The molecular weight excluding hydrogens is 349 g/mol. The van der Waals surface area contributed by atoms with Crippen LogP contribution in [-0.4, -0.2) is 4.98 Å². The first-order valence-corrected chi connectivity index (χ1v) is 8.03. The average molecular weight is 360 g/mol. The molecule has 0 amide bonds. The second kappa shape index (κ2) is 6.22. The molecule has 2 heterocycles. The van der Waals surface area contributed by atoms with Crippen molar-refractivity contribution in [3.05, 3.63) is 68.8 Å². The highest BCUT2D eigenvalue weighted by molar-refractivity contribution is 7.15. The third-order valence-corrected chi connectivity index (χ3v) is 4.71. The number of hydrogen-bond acceptors (Lipinski definition) is 3. The number of benzene rings is 1. The van der Waals surface area contributed by atoms with E-state index in [1.165, 1.54) is 35.6 Å². The number of halogens is 3. The molecule has 0 aliphatic heterocycles. The Hall–Kier alpha value is -2.85. The minimum Gasteiger partial charge on any atom is -0.320 e. The molecule has 0 aliphatic carbocycles. The van der Waals surface area contributed by atoms with Crippen molar-refractivity contribution in [3.63, 3.8) is 0 Å². The normalized spacial score (nSPS) is 11.3. The van der Waals surface area contributed by atoms with Crippen LogP contribution in [-0.2, 0) is 6.18 Å². The lowest BCUT2D eigenvalue weighted by Gasteiger charge is -2.14. The quantitative estimate of drug-likeness (QED) is 0.701. The van der Waals surface area contributed by atoms with Gasteiger partial charge in [-0.25, -0.2) is 0 Å². The second-order valence-electron chi connectivity index (χ2n) is 5.37. The van der Waals surface area contributed by atoms with Crippen LogP contribution in [0.25, 0.3) is 21.7 Å². The van der Waals surface area contributed by atoms with E-state index in [2.05, 4.69) is 4.98 Å². The van der Waals surface area contributed by atoms with Crippen molar-refractivity contribution in [1.82, 2.24) is 4.98 Å².